The van der Waals surface area contributed by atoms with Crippen molar-refractivity contribution in [3.8, 4) is 0 Å². The highest BCUT2D eigenvalue weighted by Crippen LogP contribution is 2.33. The average Bonchev–Trinajstić information content (AvgIpc) is 3.56. The summed E-state index contributed by atoms with van der Waals surface area (Å²) in [4.78, 5) is 37.5. The Morgan fingerprint density at radius 3 is 2.38 bits per heavy atom. The van der Waals surface area contributed by atoms with E-state index in [-0.39, 0.29) is 29.9 Å². The van der Waals surface area contributed by atoms with Crippen LogP contribution < -0.4 is 10.6 Å². The predicted molar refractivity (Wildman–Crippen MR) is 128 cm³/mol. The molecule has 5 rings (SSSR count). The molecule has 196 valence electrons. The van der Waals surface area contributed by atoms with E-state index in [0.29, 0.717) is 29.5 Å². The number of aromatic carboxylic acids is 1. The monoisotopic (exact) mass is 516 g/mol. The van der Waals surface area contributed by atoms with Crippen LogP contribution in [0, 0.1) is 11.8 Å². The molecule has 12 heteroatoms. The minimum absolute atomic E-state index is 0.00765. The van der Waals surface area contributed by atoms with Gasteiger partial charge in [0.2, 0.25) is 11.6 Å². The lowest BCUT2D eigenvalue weighted by Crippen LogP contribution is -2.32. The normalized spacial score (nSPS) is 16.9. The second-order valence-corrected chi connectivity index (χ2v) is 9.87. The Morgan fingerprint density at radius 1 is 1.11 bits per heavy atom. The van der Waals surface area contributed by atoms with E-state index in [9.17, 15) is 27.9 Å². The molecule has 2 aliphatic carbocycles. The number of carbonyl (C=O) groups excluding carboxylic acids is 1. The molecule has 37 heavy (non-hydrogen) atoms. The van der Waals surface area contributed by atoms with Gasteiger partial charge in [0.15, 0.2) is 11.5 Å². The van der Waals surface area contributed by atoms with Gasteiger partial charge >= 0.3 is 12.1 Å². The fourth-order valence-electron chi connectivity index (χ4n) is 4.45. The Hall–Kier alpha value is -3.70. The fraction of sp³-hybridized carbons (Fsp3) is 0.480. The van der Waals surface area contributed by atoms with Gasteiger partial charge in [0, 0.05) is 12.6 Å². The molecule has 9 nitrogen and oxygen atoms in total. The van der Waals surface area contributed by atoms with E-state index in [1.165, 1.54) is 12.1 Å². The van der Waals surface area contributed by atoms with Crippen LogP contribution in [0.5, 0.6) is 0 Å². The molecule has 0 aliphatic heterocycles. The molecule has 0 saturated heterocycles. The van der Waals surface area contributed by atoms with Crippen LogP contribution in [0.2, 0.25) is 0 Å². The van der Waals surface area contributed by atoms with Gasteiger partial charge < -0.3 is 20.3 Å². The Labute approximate surface area is 210 Å². The third kappa shape index (κ3) is 5.37. The standard InChI is InChI=1S/C25H27F3N6O3/c1-13(16-3-2-4-16)30-19-18-20(32-21(31-19)24(36)37)33-22(23(35)29-11-14-5-6-14)34(18)12-15-7-9-17(10-8-15)25(26,27)28/h7-10,13-14,16H,2-6,11-12H2,1H3,(H,29,35)(H,36,37)(H,30,31,32). The first kappa shape index (κ1) is 25.0. The van der Waals surface area contributed by atoms with Crippen LogP contribution in [0.4, 0.5) is 19.0 Å². The second-order valence-electron chi connectivity index (χ2n) is 9.87. The van der Waals surface area contributed by atoms with Gasteiger partial charge in [0.05, 0.1) is 12.1 Å². The van der Waals surface area contributed by atoms with Crippen LogP contribution in [0.3, 0.4) is 0 Å². The summed E-state index contributed by atoms with van der Waals surface area (Å²) in [6.07, 6.45) is 0.782. The predicted octanol–water partition coefficient (Wildman–Crippen LogP) is 4.33. The van der Waals surface area contributed by atoms with Crippen molar-refractivity contribution in [1.82, 2.24) is 24.8 Å². The van der Waals surface area contributed by atoms with Gasteiger partial charge in [-0.1, -0.05) is 18.6 Å². The molecule has 0 radical (unpaired) electrons. The number of rotatable bonds is 9. The zero-order valence-electron chi connectivity index (χ0n) is 20.2. The Bertz CT molecular complexity index is 1330. The van der Waals surface area contributed by atoms with E-state index < -0.39 is 29.4 Å². The summed E-state index contributed by atoms with van der Waals surface area (Å²) < 4.78 is 40.7. The highest BCUT2D eigenvalue weighted by Gasteiger charge is 2.31. The van der Waals surface area contributed by atoms with Gasteiger partial charge in [-0.25, -0.2) is 19.7 Å². The molecule has 1 amide bonds. The van der Waals surface area contributed by atoms with Crippen molar-refractivity contribution in [2.75, 3.05) is 11.9 Å². The molecule has 3 aromatic rings. The first-order valence-corrected chi connectivity index (χ1v) is 12.3. The number of carbonyl (C=O) groups is 2. The lowest BCUT2D eigenvalue weighted by molar-refractivity contribution is -0.137. The van der Waals surface area contributed by atoms with Crippen molar-refractivity contribution < 1.29 is 27.9 Å². The Balaban J connectivity index is 1.58. The summed E-state index contributed by atoms with van der Waals surface area (Å²) in [5, 5.41) is 15.7. The number of hydrogen-bond acceptors (Lipinski definition) is 6. The summed E-state index contributed by atoms with van der Waals surface area (Å²) in [7, 11) is 0. The van der Waals surface area contributed by atoms with Crippen LogP contribution in [0.15, 0.2) is 24.3 Å². The fourth-order valence-corrected chi connectivity index (χ4v) is 4.45. The van der Waals surface area contributed by atoms with E-state index in [0.717, 1.165) is 44.2 Å². The molecule has 2 heterocycles. The largest absolute Gasteiger partial charge is 0.475 e. The number of imidazole rings is 1. The SMILES string of the molecule is CC(Nc1nc(C(=O)O)nc2nc(C(=O)NCC3CC3)n(Cc3ccc(C(F)(F)F)cc3)c12)C1CCC1. The lowest BCUT2D eigenvalue weighted by Gasteiger charge is -2.32. The number of amides is 1. The molecule has 0 bridgehead atoms. The van der Waals surface area contributed by atoms with Crippen molar-refractivity contribution in [3.05, 3.63) is 47.0 Å². The van der Waals surface area contributed by atoms with Gasteiger partial charge in [-0.15, -0.1) is 0 Å². The van der Waals surface area contributed by atoms with Crippen LogP contribution >= 0.6 is 0 Å². The molecule has 1 aromatic carbocycles. The van der Waals surface area contributed by atoms with Gasteiger partial charge in [-0.3, -0.25) is 4.79 Å². The van der Waals surface area contributed by atoms with E-state index >= 15 is 0 Å². The number of nitrogens with zero attached hydrogens (tertiary/aromatic N) is 4. The minimum Gasteiger partial charge on any atom is -0.475 e. The van der Waals surface area contributed by atoms with Gasteiger partial charge in [-0.2, -0.15) is 13.2 Å². The zero-order chi connectivity index (χ0) is 26.3. The first-order valence-electron chi connectivity index (χ1n) is 12.3. The number of aromatic nitrogens is 4. The van der Waals surface area contributed by atoms with Crippen LogP contribution in [-0.2, 0) is 12.7 Å². The van der Waals surface area contributed by atoms with Crippen LogP contribution in [0.25, 0.3) is 11.2 Å². The van der Waals surface area contributed by atoms with Crippen molar-refractivity contribution >= 4 is 28.9 Å². The number of benzene rings is 1. The number of halogens is 3. The second kappa shape index (κ2) is 9.64. The topological polar surface area (TPSA) is 122 Å². The number of nitrogens with one attached hydrogen (secondary N) is 2. The average molecular weight is 517 g/mol. The Morgan fingerprint density at radius 2 is 1.81 bits per heavy atom. The number of carboxylic acids is 1. The molecule has 1 unspecified atom stereocenters. The number of hydrogen-bond donors (Lipinski definition) is 3. The molecule has 2 fully saturated rings. The zero-order valence-corrected chi connectivity index (χ0v) is 20.2. The Kier molecular flexibility index (Phi) is 6.50. The molecule has 1 atom stereocenters. The van der Waals surface area contributed by atoms with Gasteiger partial charge in [0.25, 0.3) is 5.91 Å². The van der Waals surface area contributed by atoms with E-state index in [1.807, 2.05) is 6.92 Å². The summed E-state index contributed by atoms with van der Waals surface area (Å²) in [6, 6.07) is 4.64. The molecule has 2 aromatic heterocycles. The third-order valence-corrected chi connectivity index (χ3v) is 7.09. The molecule has 0 spiro atoms. The molecule has 3 N–H and O–H groups in total. The molecular weight excluding hydrogens is 489 g/mol. The van der Waals surface area contributed by atoms with E-state index in [2.05, 4.69) is 25.6 Å². The number of carboxylic acid groups (broad SMARTS) is 1. The number of fused-ring (bicyclic) bond motifs is 1. The highest BCUT2D eigenvalue weighted by atomic mass is 19.4. The van der Waals surface area contributed by atoms with Gasteiger partial charge in [0.1, 0.15) is 5.52 Å². The maximum atomic E-state index is 13.1. The van der Waals surface area contributed by atoms with Crippen molar-refractivity contribution in [2.45, 2.75) is 57.8 Å². The smallest absolute Gasteiger partial charge is 0.416 e. The lowest BCUT2D eigenvalue weighted by atomic mass is 9.80. The summed E-state index contributed by atoms with van der Waals surface area (Å²) in [6.45, 7) is 2.49. The third-order valence-electron chi connectivity index (χ3n) is 7.09. The quantitative estimate of drug-likeness (QED) is 0.387. The summed E-state index contributed by atoms with van der Waals surface area (Å²) >= 11 is 0. The summed E-state index contributed by atoms with van der Waals surface area (Å²) in [5.74, 6) is -1.24. The first-order chi connectivity index (χ1) is 17.6. The molecule has 2 aliphatic rings. The summed E-state index contributed by atoms with van der Waals surface area (Å²) in [5.41, 5.74) is 0.0796. The molecule has 2 saturated carbocycles. The van der Waals surface area contributed by atoms with Crippen molar-refractivity contribution in [1.29, 1.82) is 0 Å². The maximum Gasteiger partial charge on any atom is 0.416 e. The minimum atomic E-state index is -4.47. The van der Waals surface area contributed by atoms with Crippen molar-refractivity contribution in [2.24, 2.45) is 11.8 Å². The number of alkyl halides is 3. The number of anilines is 1. The highest BCUT2D eigenvalue weighted by molar-refractivity contribution is 5.97. The van der Waals surface area contributed by atoms with Crippen LogP contribution in [0.1, 0.15) is 71.4 Å². The maximum absolute atomic E-state index is 13.1. The van der Waals surface area contributed by atoms with Crippen molar-refractivity contribution in [3.63, 3.8) is 0 Å². The van der Waals surface area contributed by atoms with E-state index in [4.69, 9.17) is 0 Å². The molecular formula is C25H27F3N6O3. The van der Waals surface area contributed by atoms with E-state index in [1.54, 1.807) is 4.57 Å². The van der Waals surface area contributed by atoms with Gasteiger partial charge in [-0.05, 0) is 62.1 Å². The van der Waals surface area contributed by atoms with Crippen LogP contribution in [-0.4, -0.2) is 49.1 Å².